The van der Waals surface area contributed by atoms with Crippen LogP contribution in [0.4, 0.5) is 39.0 Å². The number of alkyl halides is 1. The zero-order valence-electron chi connectivity index (χ0n) is 50.9. The number of nitrogens with two attached hydrogens (primary N) is 2. The minimum absolute atomic E-state index is 0. The van der Waals surface area contributed by atoms with Gasteiger partial charge in [-0.2, -0.15) is 16.5 Å². The molecule has 0 saturated heterocycles. The van der Waals surface area contributed by atoms with Crippen LogP contribution in [0.15, 0.2) is 137 Å². The number of anilines is 3. The van der Waals surface area contributed by atoms with Gasteiger partial charge in [-0.25, -0.2) is 36.3 Å². The van der Waals surface area contributed by atoms with Gasteiger partial charge in [0, 0.05) is 19.5 Å². The summed E-state index contributed by atoms with van der Waals surface area (Å²) >= 11 is 10.9. The van der Waals surface area contributed by atoms with Crippen molar-refractivity contribution in [3.8, 4) is 11.4 Å². The molecule has 0 amide bonds. The molecule has 14 N–H and O–H groups in total. The number of Topliss-reactive ketones (excluding diaryl/α,β-unsaturated/α-hetero) is 2. The van der Waals surface area contributed by atoms with E-state index in [-0.39, 0.29) is 194 Å². The second kappa shape index (κ2) is 59.2. The number of carboxylic acid groups (broad SMARTS) is 1. The Labute approximate surface area is 602 Å². The Morgan fingerprint density at radius 3 is 1.29 bits per heavy atom. The van der Waals surface area contributed by atoms with Crippen LogP contribution in [0.5, 0.6) is 0 Å². The van der Waals surface area contributed by atoms with Crippen molar-refractivity contribution in [3.63, 3.8) is 0 Å². The molecule has 42 heteroatoms. The minimum atomic E-state index is -1.14. The number of esters is 3. The summed E-state index contributed by atoms with van der Waals surface area (Å²) in [5.74, 6) is -5.59. The molecule has 0 fully saturated rings. The van der Waals surface area contributed by atoms with E-state index >= 15 is 0 Å². The molecule has 0 aliphatic carbocycles. The number of carbonyl (C=O) groups excluding carboxylic acids is 6. The second-order valence-electron chi connectivity index (χ2n) is 14.9. The maximum absolute atomic E-state index is 12.6. The zero-order chi connectivity index (χ0) is 65.1. The molecule has 7 rings (SSSR count). The van der Waals surface area contributed by atoms with Crippen molar-refractivity contribution in [1.29, 1.82) is 0 Å². The van der Waals surface area contributed by atoms with Crippen LogP contribution in [0.3, 0.4) is 0 Å². The van der Waals surface area contributed by atoms with E-state index in [9.17, 15) is 50.7 Å². The van der Waals surface area contributed by atoms with Crippen molar-refractivity contribution in [2.24, 2.45) is 21.3 Å². The molecule has 32 nitrogen and oxygen atoms in total. The first-order valence-electron chi connectivity index (χ1n) is 23.7. The number of nitrogens with zero attached hydrogens (tertiary/aromatic N) is 11. The van der Waals surface area contributed by atoms with E-state index in [1.54, 1.807) is 20.8 Å². The Kier molecular flexibility index (Phi) is 64.4. The van der Waals surface area contributed by atoms with Gasteiger partial charge in [0.1, 0.15) is 29.1 Å². The SMILES string of the molecule is CC(=O)O.CC(=O)c1nnn(-c2ccc(F)cc2)n1.CCOC(=O)/C(Cl)=N/Nc1ccc(F)cc1.CCOC(=O)/C(N)=N/Nc1ccc(F)cc1.CCOC(=O)C(Cl)C(C)=O.N.Nc1ccc(F)cc1.O.O=N[O-].O=[C-]c1nnn(-c2ccc(F)cc2)n1.[Na+].[Na+].[Na+].[OH-].[OH-]. The smallest absolute Gasteiger partial charge is 0.870 e. The first kappa shape index (κ1) is 101. The fourth-order valence-corrected chi connectivity index (χ4v) is 4.76. The molecule has 0 spiro atoms. The number of ketones is 2. The number of ether oxygens (including phenoxy) is 3. The van der Waals surface area contributed by atoms with E-state index in [1.165, 1.54) is 146 Å². The molecule has 0 bridgehead atoms. The number of tetrazole rings is 2. The van der Waals surface area contributed by atoms with Crippen LogP contribution >= 0.6 is 23.2 Å². The van der Waals surface area contributed by atoms with Gasteiger partial charge < -0.3 is 68.3 Å². The maximum atomic E-state index is 12.6. The average Bonchev–Trinajstić information content (AvgIpc) is 2.38. The van der Waals surface area contributed by atoms with Gasteiger partial charge >= 0.3 is 107 Å². The van der Waals surface area contributed by atoms with Crippen LogP contribution in [-0.2, 0) is 43.0 Å². The third kappa shape index (κ3) is 47.7. The fraction of sp³-hybridized carbons (Fsp3) is 0.196. The molecular weight excluding hydrogens is 1330 g/mol. The summed E-state index contributed by atoms with van der Waals surface area (Å²) in [6.45, 7) is 9.36. The maximum Gasteiger partial charge on any atom is 1.00 e. The fourth-order valence-electron chi connectivity index (χ4n) is 4.60. The van der Waals surface area contributed by atoms with Gasteiger partial charge in [-0.15, -0.1) is 46.9 Å². The van der Waals surface area contributed by atoms with E-state index in [1.807, 2.05) is 0 Å². The summed E-state index contributed by atoms with van der Waals surface area (Å²) in [5.41, 5.74) is 18.3. The Hall–Kier alpha value is -7.86. The summed E-state index contributed by atoms with van der Waals surface area (Å²) in [5, 5.41) is 43.8. The van der Waals surface area contributed by atoms with Gasteiger partial charge in [0.2, 0.25) is 22.6 Å². The number of rotatable bonds is 14. The molecule has 1 unspecified atom stereocenters. The molecule has 2 heterocycles. The predicted octanol–water partition coefficient (Wildman–Crippen LogP) is -2.82. The monoisotopic (exact) mass is 1390 g/mol. The van der Waals surface area contributed by atoms with Gasteiger partial charge in [0.25, 0.3) is 5.97 Å². The third-order valence-corrected chi connectivity index (χ3v) is 9.00. The van der Waals surface area contributed by atoms with Gasteiger partial charge in [-0.1, -0.05) is 11.6 Å². The van der Waals surface area contributed by atoms with Crippen LogP contribution in [-0.4, -0.2) is 140 Å². The standard InChI is InChI=1S/C10H10ClFN2O2.C10H12FN3O2.C9H7FN4O.C8H4FN4O.C6H9ClO3.C6H6FN.C2H4O2.HNO2.H3N.3Na.3H2O/c1-2-16-10(15)9(11)14-13-8-5-3-7(12)4-6-8;1-2-16-10(15)9(12)14-13-8-5-3-7(11)4-6-8;1-6(15)9-11-13-14(12-9)8-4-2-7(10)3-5-8;9-6-1-3-7(4-2-6)13-11-8(5-14)10-12-13;1-3-10-6(9)5(7)4(2)8;7-5-1-3-6(8)4-2-5;1-2(3)4;2-1-3;;;;;;;/h3-6,13H,2H2,1H3;3-6,13H,2H2,1H3,(H2,12,14);2-5H,1H3;1-4H;5H,3H2,1-2H3;1-4H,8H2;1H3,(H,3,4);(H,2,3);1H3;;;;3*1H2/q;;;-1;;;;;;3*+1;;;/p-3/b14-9-;;;;;;;;;;;;;;. The van der Waals surface area contributed by atoms with Crippen LogP contribution in [0, 0.1) is 39.2 Å². The molecule has 492 valence electrons. The molecule has 0 radical (unpaired) electrons. The van der Waals surface area contributed by atoms with E-state index < -0.39 is 29.3 Å². The van der Waals surface area contributed by atoms with Crippen LogP contribution in [0.1, 0.15) is 58.0 Å². The van der Waals surface area contributed by atoms with Crippen molar-refractivity contribution in [2.75, 3.05) is 36.4 Å². The van der Waals surface area contributed by atoms with E-state index in [2.05, 4.69) is 66.1 Å². The number of benzene rings is 5. The number of nitrogen functional groups attached to an aromatic ring is 1. The van der Waals surface area contributed by atoms with Gasteiger partial charge in [-0.3, -0.25) is 25.2 Å². The Bertz CT molecular complexity index is 3190. The molecule has 0 aliphatic heterocycles. The quantitative estimate of drug-likeness (QED) is 0.00510. The zero-order valence-corrected chi connectivity index (χ0v) is 58.4. The van der Waals surface area contributed by atoms with Crippen molar-refractivity contribution < 1.29 is 180 Å². The van der Waals surface area contributed by atoms with Crippen LogP contribution < -0.4 is 117 Å². The summed E-state index contributed by atoms with van der Waals surface area (Å²) in [6, 6.07) is 27.7. The van der Waals surface area contributed by atoms with Crippen molar-refractivity contribution in [2.45, 2.75) is 46.9 Å². The summed E-state index contributed by atoms with van der Waals surface area (Å²) in [7, 11) is 0. The van der Waals surface area contributed by atoms with Gasteiger partial charge in [-0.05, 0) is 159 Å². The second-order valence-corrected chi connectivity index (χ2v) is 15.7. The van der Waals surface area contributed by atoms with E-state index in [4.69, 9.17) is 54.7 Å². The number of hydrazone groups is 2. The summed E-state index contributed by atoms with van der Waals surface area (Å²) in [6.07, 6.45) is 1.50. The molecule has 5 aromatic carbocycles. The third-order valence-electron chi connectivity index (χ3n) is 8.27. The molecule has 0 aliphatic rings. The molecule has 93 heavy (non-hydrogen) atoms. The molecule has 7 aromatic rings. The Morgan fingerprint density at radius 1 is 0.634 bits per heavy atom. The molecule has 0 saturated carbocycles. The van der Waals surface area contributed by atoms with Crippen LogP contribution in [0.25, 0.3) is 11.4 Å². The topological polar surface area (TPSA) is 534 Å². The van der Waals surface area contributed by atoms with Crippen molar-refractivity contribution in [1.82, 2.24) is 46.6 Å². The van der Waals surface area contributed by atoms with Crippen molar-refractivity contribution in [3.05, 3.63) is 172 Å². The van der Waals surface area contributed by atoms with E-state index in [0.717, 1.165) is 17.1 Å². The number of hydrogen-bond acceptors (Lipinski definition) is 27. The van der Waals surface area contributed by atoms with Gasteiger partial charge in [0.05, 0.1) is 48.4 Å². The first-order chi connectivity index (χ1) is 40.7. The number of aliphatic carboxylic acids is 1. The van der Waals surface area contributed by atoms with Crippen molar-refractivity contribution >= 4 is 93.0 Å². The number of carbonyl (C=O) groups is 6. The van der Waals surface area contributed by atoms with Crippen LogP contribution in [0.2, 0.25) is 0 Å². The normalized spacial score (nSPS) is 9.47. The number of nitrogens with one attached hydrogen (secondary N) is 2. The predicted molar refractivity (Wildman–Crippen MR) is 314 cm³/mol. The number of carboxylic acids is 1. The van der Waals surface area contributed by atoms with Gasteiger partial charge in [0.15, 0.2) is 11.2 Å². The molecule has 1 atom stereocenters. The largest absolute Gasteiger partial charge is 1.00 e. The number of aromatic nitrogens is 8. The summed E-state index contributed by atoms with van der Waals surface area (Å²) in [4.78, 5) is 83.5. The van der Waals surface area contributed by atoms with E-state index in [0.29, 0.717) is 28.4 Å². The number of amidine groups is 1. The molecular formula is C51H59Cl2F5N16Na3O16-. The minimum Gasteiger partial charge on any atom is -0.870 e. The summed E-state index contributed by atoms with van der Waals surface area (Å²) < 4.78 is 76.0. The first-order valence-corrected chi connectivity index (χ1v) is 24.5. The Balaban J connectivity index is -0.000000151. The Morgan fingerprint density at radius 2 is 0.968 bits per heavy atom. The average molecular weight is 1390 g/mol. The number of hydrogen-bond donors (Lipinski definition) is 6. The number of halogens is 7. The molecule has 2 aromatic heterocycles.